The Kier molecular flexibility index (Phi) is 4.98. The summed E-state index contributed by atoms with van der Waals surface area (Å²) in [7, 11) is 1.58. The third-order valence-electron chi connectivity index (χ3n) is 2.78. The molecule has 1 aromatic carbocycles. The maximum absolute atomic E-state index is 11.9. The van der Waals surface area contributed by atoms with Gasteiger partial charge in [-0.2, -0.15) is 5.10 Å². The van der Waals surface area contributed by atoms with Gasteiger partial charge in [0.15, 0.2) is 0 Å². The van der Waals surface area contributed by atoms with Crippen LogP contribution in [0.3, 0.4) is 0 Å². The molecule has 2 rings (SSSR count). The fraction of sp³-hybridized carbons (Fsp3) is 0.200. The molecule has 0 aliphatic carbocycles. The largest absolute Gasteiger partial charge is 0.495 e. The van der Waals surface area contributed by atoms with Gasteiger partial charge in [0.05, 0.1) is 25.3 Å². The van der Waals surface area contributed by atoms with Crippen LogP contribution in [0.25, 0.3) is 0 Å². The first-order valence-electron chi connectivity index (χ1n) is 6.46. The smallest absolute Gasteiger partial charge is 0.262 e. The number of nitrogens with zero attached hydrogens (tertiary/aromatic N) is 1. The summed E-state index contributed by atoms with van der Waals surface area (Å²) >= 11 is 0. The van der Waals surface area contributed by atoms with E-state index >= 15 is 0 Å². The summed E-state index contributed by atoms with van der Waals surface area (Å²) in [4.78, 5) is 11.9. The van der Waals surface area contributed by atoms with E-state index in [1.165, 1.54) is 12.5 Å². The lowest BCUT2D eigenvalue weighted by Crippen LogP contribution is -2.35. The van der Waals surface area contributed by atoms with Gasteiger partial charge in [0.2, 0.25) is 0 Å². The van der Waals surface area contributed by atoms with Crippen molar-refractivity contribution in [2.45, 2.75) is 13.0 Å². The number of hydrazone groups is 1. The molecular weight excluding hydrogens is 270 g/mol. The number of anilines is 1. The molecule has 1 heterocycles. The number of amides is 1. The number of benzene rings is 1. The molecule has 2 N–H and O–H groups in total. The molecular formula is C15H17N3O3. The van der Waals surface area contributed by atoms with Crippen molar-refractivity contribution in [3.63, 3.8) is 0 Å². The molecule has 0 saturated carbocycles. The van der Waals surface area contributed by atoms with E-state index in [9.17, 15) is 4.79 Å². The van der Waals surface area contributed by atoms with Crippen molar-refractivity contribution in [2.24, 2.45) is 5.10 Å². The van der Waals surface area contributed by atoms with E-state index < -0.39 is 6.04 Å². The summed E-state index contributed by atoms with van der Waals surface area (Å²) in [6.45, 7) is 1.74. The minimum Gasteiger partial charge on any atom is -0.495 e. The van der Waals surface area contributed by atoms with Crippen molar-refractivity contribution in [3.05, 3.63) is 48.4 Å². The molecule has 6 heteroatoms. The third-order valence-corrected chi connectivity index (χ3v) is 2.78. The topological polar surface area (TPSA) is 75.9 Å². The molecule has 1 aromatic heterocycles. The highest BCUT2D eigenvalue weighted by Gasteiger charge is 2.13. The Hall–Kier alpha value is -2.76. The second kappa shape index (κ2) is 7.14. The van der Waals surface area contributed by atoms with Crippen LogP contribution in [0.4, 0.5) is 5.69 Å². The van der Waals surface area contributed by atoms with Gasteiger partial charge in [-0.05, 0) is 31.2 Å². The van der Waals surface area contributed by atoms with E-state index in [1.54, 1.807) is 26.2 Å². The Balaban J connectivity index is 1.90. The summed E-state index contributed by atoms with van der Waals surface area (Å²) in [6, 6.07) is 10.4. The zero-order valence-electron chi connectivity index (χ0n) is 11.9. The Bertz CT molecular complexity index is 608. The van der Waals surface area contributed by atoms with Gasteiger partial charge < -0.3 is 14.5 Å². The maximum atomic E-state index is 11.9. The normalized spacial score (nSPS) is 12.1. The predicted octanol–water partition coefficient (Wildman–Crippen LogP) is 2.24. The molecule has 0 saturated heterocycles. The number of furan rings is 1. The van der Waals surface area contributed by atoms with Crippen LogP contribution in [-0.4, -0.2) is 25.3 Å². The van der Waals surface area contributed by atoms with E-state index in [4.69, 9.17) is 9.15 Å². The molecule has 0 spiro atoms. The molecule has 0 radical (unpaired) electrons. The average molecular weight is 287 g/mol. The molecule has 21 heavy (non-hydrogen) atoms. The van der Waals surface area contributed by atoms with Crippen LogP contribution in [0.2, 0.25) is 0 Å². The van der Waals surface area contributed by atoms with E-state index in [-0.39, 0.29) is 5.91 Å². The van der Waals surface area contributed by atoms with Crippen LogP contribution < -0.4 is 15.5 Å². The Morgan fingerprint density at radius 2 is 2.14 bits per heavy atom. The van der Waals surface area contributed by atoms with Crippen LogP contribution >= 0.6 is 0 Å². The van der Waals surface area contributed by atoms with Crippen molar-refractivity contribution in [2.75, 3.05) is 12.4 Å². The quantitative estimate of drug-likeness (QED) is 0.631. The molecule has 2 aromatic rings. The average Bonchev–Trinajstić information content (AvgIpc) is 3.01. The summed E-state index contributed by atoms with van der Waals surface area (Å²) < 4.78 is 10.3. The van der Waals surface area contributed by atoms with Gasteiger partial charge in [-0.1, -0.05) is 12.1 Å². The lowest BCUT2D eigenvalue weighted by molar-refractivity contribution is -0.121. The zero-order chi connectivity index (χ0) is 15.1. The van der Waals surface area contributed by atoms with E-state index in [0.29, 0.717) is 11.5 Å². The van der Waals surface area contributed by atoms with Gasteiger partial charge in [0.1, 0.15) is 17.6 Å². The Labute approximate surface area is 122 Å². The molecule has 1 unspecified atom stereocenters. The Morgan fingerprint density at radius 3 is 2.86 bits per heavy atom. The number of ether oxygens (including phenoxy) is 1. The number of para-hydroxylation sites is 2. The van der Waals surface area contributed by atoms with E-state index in [1.807, 2.05) is 24.3 Å². The van der Waals surface area contributed by atoms with Crippen molar-refractivity contribution in [1.82, 2.24) is 5.43 Å². The first-order valence-corrected chi connectivity index (χ1v) is 6.46. The summed E-state index contributed by atoms with van der Waals surface area (Å²) in [5.74, 6) is 0.987. The number of carbonyl (C=O) groups excluding carboxylic acids is 1. The van der Waals surface area contributed by atoms with E-state index in [2.05, 4.69) is 15.8 Å². The highest BCUT2D eigenvalue weighted by molar-refractivity contribution is 5.86. The molecule has 1 atom stereocenters. The van der Waals surface area contributed by atoms with Crippen LogP contribution in [-0.2, 0) is 4.79 Å². The van der Waals surface area contributed by atoms with Crippen molar-refractivity contribution < 1.29 is 13.9 Å². The van der Waals surface area contributed by atoms with Crippen LogP contribution in [0.15, 0.2) is 52.2 Å². The number of hydrogen-bond donors (Lipinski definition) is 2. The second-order valence-corrected chi connectivity index (χ2v) is 4.32. The molecule has 0 fully saturated rings. The van der Waals surface area contributed by atoms with Gasteiger partial charge in [-0.25, -0.2) is 5.43 Å². The first-order chi connectivity index (χ1) is 10.2. The molecule has 6 nitrogen and oxygen atoms in total. The number of rotatable bonds is 6. The standard InChI is InChI=1S/C15H17N3O3/c1-11(17-13-7-3-4-8-14(13)20-2)15(19)18-16-10-12-6-5-9-21-12/h3-11,17H,1-2H3,(H,18,19). The summed E-state index contributed by atoms with van der Waals surface area (Å²) in [5, 5.41) is 6.90. The minimum atomic E-state index is -0.463. The molecule has 0 aliphatic rings. The summed E-state index contributed by atoms with van der Waals surface area (Å²) in [5.41, 5.74) is 3.19. The molecule has 0 bridgehead atoms. The zero-order valence-corrected chi connectivity index (χ0v) is 11.9. The third kappa shape index (κ3) is 4.10. The van der Waals surface area contributed by atoms with Crippen molar-refractivity contribution >= 4 is 17.8 Å². The lowest BCUT2D eigenvalue weighted by Gasteiger charge is -2.15. The maximum Gasteiger partial charge on any atom is 0.262 e. The van der Waals surface area contributed by atoms with Gasteiger partial charge >= 0.3 is 0 Å². The van der Waals surface area contributed by atoms with Crippen LogP contribution in [0.5, 0.6) is 5.75 Å². The van der Waals surface area contributed by atoms with Crippen LogP contribution in [0, 0.1) is 0 Å². The van der Waals surface area contributed by atoms with E-state index in [0.717, 1.165) is 5.69 Å². The lowest BCUT2D eigenvalue weighted by atomic mass is 10.2. The monoisotopic (exact) mass is 287 g/mol. The fourth-order valence-corrected chi connectivity index (χ4v) is 1.68. The number of methoxy groups -OCH3 is 1. The highest BCUT2D eigenvalue weighted by Crippen LogP contribution is 2.23. The van der Waals surface area contributed by atoms with Gasteiger partial charge in [0.25, 0.3) is 5.91 Å². The minimum absolute atomic E-state index is 0.260. The van der Waals surface area contributed by atoms with Gasteiger partial charge in [-0.3, -0.25) is 4.79 Å². The summed E-state index contributed by atoms with van der Waals surface area (Å²) in [6.07, 6.45) is 2.97. The van der Waals surface area contributed by atoms with Crippen molar-refractivity contribution in [3.8, 4) is 5.75 Å². The molecule has 110 valence electrons. The molecule has 1 amide bonds. The van der Waals surface area contributed by atoms with Crippen molar-refractivity contribution in [1.29, 1.82) is 0 Å². The second-order valence-electron chi connectivity index (χ2n) is 4.32. The number of nitrogens with one attached hydrogen (secondary N) is 2. The van der Waals surface area contributed by atoms with Gasteiger partial charge in [0, 0.05) is 0 Å². The van der Waals surface area contributed by atoms with Crippen LogP contribution in [0.1, 0.15) is 12.7 Å². The molecule has 0 aliphatic heterocycles. The highest BCUT2D eigenvalue weighted by atomic mass is 16.5. The Morgan fingerprint density at radius 1 is 1.33 bits per heavy atom. The predicted molar refractivity (Wildman–Crippen MR) is 80.5 cm³/mol. The SMILES string of the molecule is COc1ccccc1NC(C)C(=O)NN=Cc1ccco1. The first kappa shape index (κ1) is 14.6. The number of carbonyl (C=O) groups is 1. The fourth-order valence-electron chi connectivity index (χ4n) is 1.68. The number of hydrogen-bond acceptors (Lipinski definition) is 5. The van der Waals surface area contributed by atoms with Gasteiger partial charge in [-0.15, -0.1) is 0 Å².